The molecule has 1 aliphatic heterocycles. The van der Waals surface area contributed by atoms with Gasteiger partial charge in [-0.1, -0.05) is 0 Å². The van der Waals surface area contributed by atoms with Crippen LogP contribution in [0.5, 0.6) is 0 Å². The summed E-state index contributed by atoms with van der Waals surface area (Å²) >= 11 is 3.43. The lowest BCUT2D eigenvalue weighted by Crippen LogP contribution is -2.49. The van der Waals surface area contributed by atoms with Gasteiger partial charge in [-0.3, -0.25) is 4.40 Å². The number of rotatable bonds is 5. The minimum Gasteiger partial charge on any atom is -0.444 e. The van der Waals surface area contributed by atoms with Crippen molar-refractivity contribution in [3.8, 4) is 0 Å². The van der Waals surface area contributed by atoms with Gasteiger partial charge in [0.05, 0.1) is 23.8 Å². The van der Waals surface area contributed by atoms with Crippen LogP contribution in [0, 0.1) is 0 Å². The van der Waals surface area contributed by atoms with Crippen LogP contribution in [0.25, 0.3) is 5.65 Å². The van der Waals surface area contributed by atoms with Gasteiger partial charge in [-0.25, -0.2) is 29.3 Å². The first-order valence-electron chi connectivity index (χ1n) is 15.4. The predicted octanol–water partition coefficient (Wildman–Crippen LogP) is 6.14. The van der Waals surface area contributed by atoms with Gasteiger partial charge >= 0.3 is 18.3 Å². The number of alkyl carbamates (subject to hydrolysis) is 1. The zero-order chi connectivity index (χ0) is 34.9. The molecule has 2 atom stereocenters. The first-order chi connectivity index (χ1) is 21.7. The van der Waals surface area contributed by atoms with E-state index in [4.69, 9.17) is 14.2 Å². The first-order valence-corrected chi connectivity index (χ1v) is 16.2. The van der Waals surface area contributed by atoms with Crippen molar-refractivity contribution < 1.29 is 33.7 Å². The van der Waals surface area contributed by atoms with Crippen LogP contribution in [0.4, 0.5) is 25.9 Å². The van der Waals surface area contributed by atoms with E-state index in [2.05, 4.69) is 41.1 Å². The zero-order valence-corrected chi connectivity index (χ0v) is 29.9. The molecule has 3 amide bonds. The molecule has 3 aromatic rings. The molecule has 2 N–H and O–H groups in total. The number of hydrogen-bond acceptors (Lipinski definition) is 11. The van der Waals surface area contributed by atoms with E-state index in [1.54, 1.807) is 64.4 Å². The molecule has 0 spiro atoms. The summed E-state index contributed by atoms with van der Waals surface area (Å²) in [6.45, 7) is 16.7. The van der Waals surface area contributed by atoms with Crippen molar-refractivity contribution in [1.29, 1.82) is 0 Å². The molecule has 1 saturated heterocycles. The summed E-state index contributed by atoms with van der Waals surface area (Å²) in [7, 11) is 0. The maximum atomic E-state index is 13.3. The number of imide groups is 1. The number of amides is 3. The van der Waals surface area contributed by atoms with Crippen molar-refractivity contribution in [2.24, 2.45) is 0 Å². The Morgan fingerprint density at radius 3 is 2.17 bits per heavy atom. The van der Waals surface area contributed by atoms with Gasteiger partial charge in [0.2, 0.25) is 0 Å². The van der Waals surface area contributed by atoms with Gasteiger partial charge in [0.1, 0.15) is 27.5 Å². The van der Waals surface area contributed by atoms with Crippen molar-refractivity contribution in [3.63, 3.8) is 0 Å². The fourth-order valence-electron chi connectivity index (χ4n) is 5.01. The Labute approximate surface area is 282 Å². The monoisotopic (exact) mass is 717 g/mol. The lowest BCUT2D eigenvalue weighted by atomic mass is 10.0. The summed E-state index contributed by atoms with van der Waals surface area (Å²) in [5.41, 5.74) is -0.790. The first kappa shape index (κ1) is 35.9. The summed E-state index contributed by atoms with van der Waals surface area (Å²) in [5, 5.41) is 14.8. The van der Waals surface area contributed by atoms with E-state index in [1.807, 2.05) is 20.8 Å². The smallest absolute Gasteiger partial charge is 0.425 e. The van der Waals surface area contributed by atoms with Gasteiger partial charge in [-0.05, 0) is 97.2 Å². The molecule has 15 heteroatoms. The number of carbonyl (C=O) groups is 3. The van der Waals surface area contributed by atoms with E-state index >= 15 is 0 Å². The van der Waals surface area contributed by atoms with E-state index < -0.39 is 41.2 Å². The molecule has 0 radical (unpaired) electrons. The molecule has 3 aromatic heterocycles. The van der Waals surface area contributed by atoms with Crippen LogP contribution in [0.2, 0.25) is 0 Å². The number of nitrogens with zero attached hydrogens (tertiary/aromatic N) is 6. The van der Waals surface area contributed by atoms with Crippen molar-refractivity contribution in [2.75, 3.05) is 22.9 Å². The van der Waals surface area contributed by atoms with Crippen LogP contribution in [0.15, 0.2) is 35.5 Å². The topological polar surface area (TPSA) is 161 Å². The average molecular weight is 719 g/mol. The lowest BCUT2D eigenvalue weighted by molar-refractivity contribution is 0.0425. The minimum atomic E-state index is -1.22. The molecule has 0 aliphatic carbocycles. The molecule has 2 unspecified atom stereocenters. The molecular formula is C32H44BrN7O7. The Balaban J connectivity index is 1.70. The molecular weight excluding hydrogens is 674 g/mol. The van der Waals surface area contributed by atoms with E-state index in [9.17, 15) is 19.5 Å². The molecule has 47 heavy (non-hydrogen) atoms. The molecule has 1 aliphatic rings. The standard InChI is InChI=1S/C32H44BrN7O7/c1-30(2,3)45-27(42)37-19-11-10-13-38(18-19)21-16-35-23(33)15-20(21)24(41)22-17-36-25-26(34-12-14-39(22)25)40(28(43)46-31(4,5)6)29(44)47-32(7,8)9/h12,14-17,19,24,41H,10-11,13,18H2,1-9H3,(H,37,42). The molecule has 0 bridgehead atoms. The highest BCUT2D eigenvalue weighted by Gasteiger charge is 2.36. The normalized spacial score (nSPS) is 16.4. The lowest BCUT2D eigenvalue weighted by Gasteiger charge is -2.36. The van der Waals surface area contributed by atoms with Gasteiger partial charge in [0.25, 0.3) is 0 Å². The van der Waals surface area contributed by atoms with E-state index in [-0.39, 0.29) is 17.5 Å². The summed E-state index contributed by atoms with van der Waals surface area (Å²) in [5.74, 6) is -0.127. The number of halogens is 1. The van der Waals surface area contributed by atoms with E-state index in [0.29, 0.717) is 39.5 Å². The number of hydrogen-bond donors (Lipinski definition) is 2. The third kappa shape index (κ3) is 9.31. The highest BCUT2D eigenvalue weighted by atomic mass is 79.9. The second-order valence-corrected chi connectivity index (χ2v) is 15.1. The van der Waals surface area contributed by atoms with Crippen LogP contribution in [-0.2, 0) is 14.2 Å². The number of nitrogens with one attached hydrogen (secondary N) is 1. The summed E-state index contributed by atoms with van der Waals surface area (Å²) in [6, 6.07) is 1.54. The Hall–Kier alpha value is -3.98. The number of piperidine rings is 1. The number of imidazole rings is 1. The molecule has 4 rings (SSSR count). The number of ether oxygens (including phenoxy) is 3. The molecule has 4 heterocycles. The summed E-state index contributed by atoms with van der Waals surface area (Å²) in [4.78, 5) is 55.1. The fraction of sp³-hybridized carbons (Fsp3) is 0.562. The van der Waals surface area contributed by atoms with Gasteiger partial charge in [0, 0.05) is 37.1 Å². The van der Waals surface area contributed by atoms with Gasteiger partial charge in [-0.2, -0.15) is 4.90 Å². The average Bonchev–Trinajstić information content (AvgIpc) is 3.35. The Morgan fingerprint density at radius 2 is 1.57 bits per heavy atom. The second kappa shape index (κ2) is 13.6. The van der Waals surface area contributed by atoms with Crippen molar-refractivity contribution in [3.05, 3.63) is 46.7 Å². The SMILES string of the molecule is CC(C)(C)OC(=O)NC1CCCN(c2cnc(Br)cc2C(O)c2cnc3c(N(C(=O)OC(C)(C)C)C(=O)OC(C)(C)C)nccn23)C1. The number of anilines is 2. The number of pyridine rings is 1. The summed E-state index contributed by atoms with van der Waals surface area (Å²) < 4.78 is 18.6. The summed E-state index contributed by atoms with van der Waals surface area (Å²) in [6.07, 6.45) is 3.97. The van der Waals surface area contributed by atoms with Crippen LogP contribution >= 0.6 is 15.9 Å². The van der Waals surface area contributed by atoms with E-state index in [0.717, 1.165) is 12.8 Å². The van der Waals surface area contributed by atoms with E-state index in [1.165, 1.54) is 12.4 Å². The molecule has 14 nitrogen and oxygen atoms in total. The van der Waals surface area contributed by atoms with Crippen LogP contribution in [-0.4, -0.2) is 78.7 Å². The molecule has 0 saturated carbocycles. The highest BCUT2D eigenvalue weighted by molar-refractivity contribution is 9.10. The largest absolute Gasteiger partial charge is 0.444 e. The molecule has 1 fully saturated rings. The maximum Gasteiger partial charge on any atom is 0.425 e. The minimum absolute atomic E-state index is 0.118. The number of aliphatic hydroxyl groups is 1. The zero-order valence-electron chi connectivity index (χ0n) is 28.3. The number of aliphatic hydroxyl groups excluding tert-OH is 1. The van der Waals surface area contributed by atoms with Crippen molar-refractivity contribution in [1.82, 2.24) is 24.7 Å². The van der Waals surface area contributed by atoms with Gasteiger partial charge < -0.3 is 29.5 Å². The van der Waals surface area contributed by atoms with Gasteiger partial charge in [0.15, 0.2) is 11.5 Å². The predicted molar refractivity (Wildman–Crippen MR) is 179 cm³/mol. The Kier molecular flexibility index (Phi) is 10.4. The third-order valence-corrected chi connectivity index (χ3v) is 7.17. The fourth-order valence-corrected chi connectivity index (χ4v) is 5.36. The quantitative estimate of drug-likeness (QED) is 0.230. The number of aromatic nitrogens is 4. The second-order valence-electron chi connectivity index (χ2n) is 14.3. The third-order valence-electron chi connectivity index (χ3n) is 6.74. The van der Waals surface area contributed by atoms with Gasteiger partial charge in [-0.15, -0.1) is 0 Å². The van der Waals surface area contributed by atoms with Crippen LogP contribution < -0.4 is 15.1 Å². The number of fused-ring (bicyclic) bond motifs is 1. The van der Waals surface area contributed by atoms with Crippen molar-refractivity contribution >= 4 is 51.4 Å². The maximum absolute atomic E-state index is 13.3. The number of carbonyl (C=O) groups excluding carboxylic acids is 3. The van der Waals surface area contributed by atoms with Crippen molar-refractivity contribution in [2.45, 2.75) is 104 Å². The molecule has 256 valence electrons. The molecule has 0 aromatic carbocycles. The van der Waals surface area contributed by atoms with Crippen LogP contribution in [0.1, 0.15) is 92.5 Å². The Bertz CT molecular complexity index is 1600. The highest BCUT2D eigenvalue weighted by Crippen LogP contribution is 2.35. The van der Waals surface area contributed by atoms with Crippen LogP contribution in [0.3, 0.4) is 0 Å². The Morgan fingerprint density at radius 1 is 0.957 bits per heavy atom.